The average molecular weight is 421 g/mol. The third kappa shape index (κ3) is 4.22. The van der Waals surface area contributed by atoms with Crippen LogP contribution in [0.5, 0.6) is 5.75 Å². The molecule has 0 N–H and O–H groups in total. The summed E-state index contributed by atoms with van der Waals surface area (Å²) in [5.41, 5.74) is 10.9. The summed E-state index contributed by atoms with van der Waals surface area (Å²) in [6, 6.07) is 17.1. The monoisotopic (exact) mass is 420 g/mol. The maximum absolute atomic E-state index is 6.30. The number of ether oxygens (including phenoxy) is 1. The summed E-state index contributed by atoms with van der Waals surface area (Å²) in [7, 11) is 0. The molecule has 4 aromatic rings. The van der Waals surface area contributed by atoms with Gasteiger partial charge in [0.15, 0.2) is 0 Å². The third-order valence-electron chi connectivity index (χ3n) is 5.77. The number of aromatic nitrogens is 2. The number of aryl methyl sites for hydroxylation is 4. The zero-order valence-corrected chi connectivity index (χ0v) is 19.1. The van der Waals surface area contributed by atoms with E-state index >= 15 is 0 Å². The molecule has 0 unspecified atom stereocenters. The van der Waals surface area contributed by atoms with E-state index in [2.05, 4.69) is 86.6 Å². The van der Waals surface area contributed by atoms with Crippen LogP contribution in [0.1, 0.15) is 39.1 Å². The Kier molecular flexibility index (Phi) is 6.52. The van der Waals surface area contributed by atoms with E-state index in [9.17, 15) is 0 Å². The largest absolute Gasteiger partial charge is 0.487 e. The van der Waals surface area contributed by atoms with Crippen LogP contribution in [0.15, 0.2) is 54.7 Å². The predicted octanol–water partition coefficient (Wildman–Crippen LogP) is 6.63. The lowest BCUT2D eigenvalue weighted by Crippen LogP contribution is -2.06. The molecule has 0 amide bonds. The molecule has 0 radical (unpaired) electrons. The molecule has 0 aliphatic carbocycles. The highest BCUT2D eigenvalue weighted by molar-refractivity contribution is 5.86. The van der Waals surface area contributed by atoms with Crippen molar-refractivity contribution in [2.45, 2.75) is 47.8 Å². The molecular formula is C26H29ClN2O. The molecule has 0 spiro atoms. The van der Waals surface area contributed by atoms with Gasteiger partial charge < -0.3 is 9.30 Å². The molecule has 0 fully saturated rings. The number of hydrogen-bond donors (Lipinski definition) is 0. The molecule has 2 heterocycles. The molecule has 4 heteroatoms. The predicted molar refractivity (Wildman–Crippen MR) is 127 cm³/mol. The van der Waals surface area contributed by atoms with Gasteiger partial charge in [-0.25, -0.2) is 0 Å². The quantitative estimate of drug-likeness (QED) is 0.362. The number of rotatable bonds is 5. The highest BCUT2D eigenvalue weighted by Crippen LogP contribution is 2.32. The van der Waals surface area contributed by atoms with Crippen LogP contribution in [0.3, 0.4) is 0 Å². The topological polar surface area (TPSA) is 27.1 Å². The Morgan fingerprint density at radius 3 is 2.43 bits per heavy atom. The van der Waals surface area contributed by atoms with E-state index in [1.807, 2.05) is 12.3 Å². The van der Waals surface area contributed by atoms with Crippen LogP contribution in [-0.2, 0) is 13.2 Å². The first kappa shape index (κ1) is 21.9. The number of benzene rings is 2. The highest BCUT2D eigenvalue weighted by atomic mass is 35.5. The van der Waals surface area contributed by atoms with Gasteiger partial charge in [0, 0.05) is 24.5 Å². The first-order chi connectivity index (χ1) is 13.9. The SMILES string of the molecule is Cc1cccc(COc2ccnc3c(C)c(C)n(Cc4cc(C)ccc4C)c23)c1.Cl. The molecule has 0 bridgehead atoms. The average Bonchev–Trinajstić information content (AvgIpc) is 2.95. The Labute approximate surface area is 185 Å². The number of fused-ring (bicyclic) bond motifs is 1. The van der Waals surface area contributed by atoms with Crippen molar-refractivity contribution in [3.8, 4) is 5.75 Å². The Hall–Kier alpha value is -2.78. The molecule has 0 aliphatic heterocycles. The van der Waals surface area contributed by atoms with Crippen LogP contribution in [0.4, 0.5) is 0 Å². The summed E-state index contributed by atoms with van der Waals surface area (Å²) in [6.45, 7) is 12.1. The van der Waals surface area contributed by atoms with E-state index in [1.54, 1.807) is 0 Å². The highest BCUT2D eigenvalue weighted by Gasteiger charge is 2.17. The summed E-state index contributed by atoms with van der Waals surface area (Å²) in [5.74, 6) is 0.887. The summed E-state index contributed by atoms with van der Waals surface area (Å²) in [6.07, 6.45) is 1.85. The Morgan fingerprint density at radius 2 is 1.67 bits per heavy atom. The van der Waals surface area contributed by atoms with E-state index < -0.39 is 0 Å². The molecule has 0 aliphatic rings. The minimum absolute atomic E-state index is 0. The first-order valence-electron chi connectivity index (χ1n) is 10.1. The van der Waals surface area contributed by atoms with Crippen LogP contribution in [0.2, 0.25) is 0 Å². The van der Waals surface area contributed by atoms with Crippen LogP contribution in [0, 0.1) is 34.6 Å². The summed E-state index contributed by atoms with van der Waals surface area (Å²) in [4.78, 5) is 4.67. The number of halogens is 1. The lowest BCUT2D eigenvalue weighted by molar-refractivity contribution is 0.308. The molecule has 4 rings (SSSR count). The second-order valence-corrected chi connectivity index (χ2v) is 8.01. The second-order valence-electron chi connectivity index (χ2n) is 8.01. The fourth-order valence-electron chi connectivity index (χ4n) is 3.93. The molecule has 0 saturated carbocycles. The molecule has 2 aromatic carbocycles. The van der Waals surface area contributed by atoms with Crippen LogP contribution in [0.25, 0.3) is 11.0 Å². The number of nitrogens with zero attached hydrogens (tertiary/aromatic N) is 2. The fraction of sp³-hybridized carbons (Fsp3) is 0.269. The third-order valence-corrected chi connectivity index (χ3v) is 5.77. The van der Waals surface area contributed by atoms with Gasteiger partial charge in [-0.05, 0) is 56.9 Å². The van der Waals surface area contributed by atoms with Gasteiger partial charge in [-0.3, -0.25) is 4.98 Å². The van der Waals surface area contributed by atoms with Crippen molar-refractivity contribution in [2.75, 3.05) is 0 Å². The first-order valence-corrected chi connectivity index (χ1v) is 10.1. The van der Waals surface area contributed by atoms with Gasteiger partial charge in [0.05, 0.1) is 5.52 Å². The van der Waals surface area contributed by atoms with Crippen molar-refractivity contribution in [3.05, 3.63) is 93.8 Å². The van der Waals surface area contributed by atoms with Gasteiger partial charge in [-0.2, -0.15) is 0 Å². The van der Waals surface area contributed by atoms with Crippen LogP contribution < -0.4 is 4.74 Å². The van der Waals surface area contributed by atoms with E-state index in [0.29, 0.717) is 6.61 Å². The summed E-state index contributed by atoms with van der Waals surface area (Å²) in [5, 5.41) is 0. The normalized spacial score (nSPS) is 10.8. The molecular weight excluding hydrogens is 392 g/mol. The van der Waals surface area contributed by atoms with Crippen LogP contribution in [-0.4, -0.2) is 9.55 Å². The van der Waals surface area contributed by atoms with Gasteiger partial charge in [0.2, 0.25) is 0 Å². The second kappa shape index (κ2) is 8.93. The minimum Gasteiger partial charge on any atom is -0.487 e. The van der Waals surface area contributed by atoms with Crippen molar-refractivity contribution in [1.82, 2.24) is 9.55 Å². The van der Waals surface area contributed by atoms with E-state index in [1.165, 1.54) is 39.1 Å². The van der Waals surface area contributed by atoms with Crippen LogP contribution >= 0.6 is 12.4 Å². The molecule has 0 saturated heterocycles. The molecule has 156 valence electrons. The van der Waals surface area contributed by atoms with Crippen molar-refractivity contribution >= 4 is 23.4 Å². The van der Waals surface area contributed by atoms with Crippen molar-refractivity contribution < 1.29 is 4.74 Å². The maximum atomic E-state index is 6.30. The fourth-order valence-corrected chi connectivity index (χ4v) is 3.93. The van der Waals surface area contributed by atoms with Gasteiger partial charge >= 0.3 is 0 Å². The van der Waals surface area contributed by atoms with Gasteiger partial charge in [-0.1, -0.05) is 53.6 Å². The lowest BCUT2D eigenvalue weighted by atomic mass is 10.1. The molecule has 3 nitrogen and oxygen atoms in total. The van der Waals surface area contributed by atoms with E-state index in [-0.39, 0.29) is 12.4 Å². The van der Waals surface area contributed by atoms with Crippen molar-refractivity contribution in [1.29, 1.82) is 0 Å². The van der Waals surface area contributed by atoms with Gasteiger partial charge in [-0.15, -0.1) is 12.4 Å². The number of pyridine rings is 1. The summed E-state index contributed by atoms with van der Waals surface area (Å²) >= 11 is 0. The van der Waals surface area contributed by atoms with Crippen molar-refractivity contribution in [3.63, 3.8) is 0 Å². The summed E-state index contributed by atoms with van der Waals surface area (Å²) < 4.78 is 8.65. The zero-order chi connectivity index (χ0) is 20.5. The molecule has 0 atom stereocenters. The van der Waals surface area contributed by atoms with E-state index in [0.717, 1.165) is 23.3 Å². The lowest BCUT2D eigenvalue weighted by Gasteiger charge is -2.14. The van der Waals surface area contributed by atoms with E-state index in [4.69, 9.17) is 4.74 Å². The molecule has 2 aromatic heterocycles. The molecule has 30 heavy (non-hydrogen) atoms. The standard InChI is InChI=1S/C26H28N2O.ClH/c1-17-7-6-8-22(13-17)16-29-24-11-12-27-25-20(4)21(5)28(26(24)25)15-23-14-18(2)9-10-19(23)3;/h6-14H,15-16H2,1-5H3;1H. The maximum Gasteiger partial charge on any atom is 0.147 e. The smallest absolute Gasteiger partial charge is 0.147 e. The zero-order valence-electron chi connectivity index (χ0n) is 18.3. The number of hydrogen-bond acceptors (Lipinski definition) is 2. The Bertz CT molecular complexity index is 1190. The minimum atomic E-state index is 0. The Morgan fingerprint density at radius 1 is 0.900 bits per heavy atom. The van der Waals surface area contributed by atoms with Gasteiger partial charge in [0.1, 0.15) is 17.9 Å². The van der Waals surface area contributed by atoms with Gasteiger partial charge in [0.25, 0.3) is 0 Å². The van der Waals surface area contributed by atoms with Crippen molar-refractivity contribution in [2.24, 2.45) is 0 Å². The Balaban J connectivity index is 0.00000256.